The van der Waals surface area contributed by atoms with Gasteiger partial charge < -0.3 is 5.32 Å². The van der Waals surface area contributed by atoms with E-state index in [0.29, 0.717) is 17.1 Å². The van der Waals surface area contributed by atoms with Crippen molar-refractivity contribution in [2.24, 2.45) is 0 Å². The highest BCUT2D eigenvalue weighted by Gasteiger charge is 2.10. The molecule has 1 N–H and O–H groups in total. The molecule has 19 heavy (non-hydrogen) atoms. The quantitative estimate of drug-likeness (QED) is 0.886. The number of aryl methyl sites for hydroxylation is 1. The molecule has 0 aliphatic carbocycles. The average Bonchev–Trinajstić information content (AvgIpc) is 2.41. The third-order valence-corrected chi connectivity index (χ3v) is 4.11. The van der Waals surface area contributed by atoms with Crippen LogP contribution in [0.1, 0.15) is 21.5 Å². The molecule has 98 valence electrons. The fourth-order valence-electron chi connectivity index (χ4n) is 1.70. The van der Waals surface area contributed by atoms with Crippen LogP contribution in [0.4, 0.5) is 0 Å². The summed E-state index contributed by atoms with van der Waals surface area (Å²) in [7, 11) is 0. The van der Waals surface area contributed by atoms with Crippen molar-refractivity contribution in [3.63, 3.8) is 0 Å². The molecule has 0 radical (unpaired) electrons. The second-order valence-corrected chi connectivity index (χ2v) is 5.48. The zero-order valence-electron chi connectivity index (χ0n) is 10.4. The summed E-state index contributed by atoms with van der Waals surface area (Å²) >= 11 is 9.25. The number of benzene rings is 2. The van der Waals surface area contributed by atoms with E-state index in [-0.39, 0.29) is 5.91 Å². The fourth-order valence-corrected chi connectivity index (χ4v) is 2.27. The van der Waals surface area contributed by atoms with Gasteiger partial charge in [-0.3, -0.25) is 4.79 Å². The second-order valence-electron chi connectivity index (χ2n) is 4.25. The molecular weight excluding hydrogens is 326 g/mol. The first-order valence-corrected chi connectivity index (χ1v) is 7.03. The average molecular weight is 339 g/mol. The summed E-state index contributed by atoms with van der Waals surface area (Å²) in [4.78, 5) is 12.1. The largest absolute Gasteiger partial charge is 0.348 e. The number of halogens is 2. The molecule has 1 amide bonds. The lowest BCUT2D eigenvalue weighted by Crippen LogP contribution is -2.23. The summed E-state index contributed by atoms with van der Waals surface area (Å²) in [6.45, 7) is 2.44. The van der Waals surface area contributed by atoms with Gasteiger partial charge in [0.1, 0.15) is 0 Å². The van der Waals surface area contributed by atoms with E-state index >= 15 is 0 Å². The van der Waals surface area contributed by atoms with Crippen LogP contribution < -0.4 is 5.32 Å². The number of nitrogens with one attached hydrogen (secondary N) is 1. The first kappa shape index (κ1) is 14.1. The lowest BCUT2D eigenvalue weighted by Gasteiger charge is -2.08. The Morgan fingerprint density at radius 3 is 2.58 bits per heavy atom. The van der Waals surface area contributed by atoms with Crippen LogP contribution in [-0.4, -0.2) is 5.91 Å². The molecule has 0 aromatic heterocycles. The predicted molar refractivity (Wildman–Crippen MR) is 81.5 cm³/mol. The van der Waals surface area contributed by atoms with E-state index < -0.39 is 0 Å². The summed E-state index contributed by atoms with van der Waals surface area (Å²) in [5.74, 6) is -0.0921. The standard InChI is InChI=1S/C15H13BrClNO/c1-10-3-2-4-13(14(10)16)15(19)18-9-11-5-7-12(17)8-6-11/h2-8H,9H2,1H3,(H,18,19). The van der Waals surface area contributed by atoms with E-state index in [9.17, 15) is 4.79 Å². The van der Waals surface area contributed by atoms with Crippen LogP contribution in [-0.2, 0) is 6.54 Å². The molecule has 2 rings (SSSR count). The zero-order chi connectivity index (χ0) is 13.8. The first-order chi connectivity index (χ1) is 9.08. The van der Waals surface area contributed by atoms with Crippen LogP contribution in [0.3, 0.4) is 0 Å². The lowest BCUT2D eigenvalue weighted by atomic mass is 10.1. The van der Waals surface area contributed by atoms with Crippen LogP contribution in [0, 0.1) is 6.92 Å². The Morgan fingerprint density at radius 2 is 1.89 bits per heavy atom. The highest BCUT2D eigenvalue weighted by atomic mass is 79.9. The first-order valence-electron chi connectivity index (χ1n) is 5.85. The van der Waals surface area contributed by atoms with Gasteiger partial charge in [0.25, 0.3) is 5.91 Å². The number of amides is 1. The van der Waals surface area contributed by atoms with Gasteiger partial charge in [-0.2, -0.15) is 0 Å². The number of carbonyl (C=O) groups is 1. The molecule has 0 saturated heterocycles. The van der Waals surface area contributed by atoms with Gasteiger partial charge in [-0.05, 0) is 52.2 Å². The summed E-state index contributed by atoms with van der Waals surface area (Å²) in [6, 6.07) is 13.0. The van der Waals surface area contributed by atoms with Crippen molar-refractivity contribution in [3.8, 4) is 0 Å². The van der Waals surface area contributed by atoms with Gasteiger partial charge >= 0.3 is 0 Å². The highest BCUT2D eigenvalue weighted by Crippen LogP contribution is 2.21. The molecule has 0 bridgehead atoms. The Kier molecular flexibility index (Phi) is 4.61. The van der Waals surface area contributed by atoms with Gasteiger partial charge in [-0.15, -0.1) is 0 Å². The van der Waals surface area contributed by atoms with Crippen molar-refractivity contribution < 1.29 is 4.79 Å². The maximum atomic E-state index is 12.1. The van der Waals surface area contributed by atoms with Gasteiger partial charge in [-0.1, -0.05) is 35.9 Å². The maximum Gasteiger partial charge on any atom is 0.252 e. The molecule has 2 aromatic carbocycles. The molecule has 0 heterocycles. The van der Waals surface area contributed by atoms with Crippen LogP contribution in [0.25, 0.3) is 0 Å². The van der Waals surface area contributed by atoms with Crippen LogP contribution in [0.15, 0.2) is 46.9 Å². The van der Waals surface area contributed by atoms with E-state index in [4.69, 9.17) is 11.6 Å². The number of carbonyl (C=O) groups excluding carboxylic acids is 1. The number of hydrogen-bond acceptors (Lipinski definition) is 1. The molecule has 0 aliphatic rings. The third-order valence-electron chi connectivity index (χ3n) is 2.80. The Labute approximate surface area is 125 Å². The molecule has 2 nitrogen and oxygen atoms in total. The van der Waals surface area contributed by atoms with Gasteiger partial charge in [-0.25, -0.2) is 0 Å². The fraction of sp³-hybridized carbons (Fsp3) is 0.133. The molecule has 0 fully saturated rings. The van der Waals surface area contributed by atoms with E-state index in [0.717, 1.165) is 15.6 Å². The van der Waals surface area contributed by atoms with Crippen molar-refractivity contribution in [1.29, 1.82) is 0 Å². The van der Waals surface area contributed by atoms with E-state index in [2.05, 4.69) is 21.2 Å². The normalized spacial score (nSPS) is 10.3. The molecule has 0 spiro atoms. The smallest absolute Gasteiger partial charge is 0.252 e. The van der Waals surface area contributed by atoms with Crippen molar-refractivity contribution in [2.75, 3.05) is 0 Å². The maximum absolute atomic E-state index is 12.1. The minimum atomic E-state index is -0.0921. The van der Waals surface area contributed by atoms with Crippen LogP contribution in [0.5, 0.6) is 0 Å². The minimum absolute atomic E-state index is 0.0921. The highest BCUT2D eigenvalue weighted by molar-refractivity contribution is 9.10. The van der Waals surface area contributed by atoms with Crippen LogP contribution in [0.2, 0.25) is 5.02 Å². The van der Waals surface area contributed by atoms with E-state index in [1.54, 1.807) is 6.07 Å². The summed E-state index contributed by atoms with van der Waals surface area (Å²) in [5, 5.41) is 3.58. The summed E-state index contributed by atoms with van der Waals surface area (Å²) in [6.07, 6.45) is 0. The van der Waals surface area contributed by atoms with Crippen molar-refractivity contribution >= 4 is 33.4 Å². The Balaban J connectivity index is 2.05. The monoisotopic (exact) mass is 337 g/mol. The molecule has 2 aromatic rings. The second kappa shape index (κ2) is 6.22. The van der Waals surface area contributed by atoms with Gasteiger partial charge in [0, 0.05) is 16.0 Å². The number of hydrogen-bond donors (Lipinski definition) is 1. The van der Waals surface area contributed by atoms with Crippen molar-refractivity contribution in [2.45, 2.75) is 13.5 Å². The molecule has 0 atom stereocenters. The van der Waals surface area contributed by atoms with Gasteiger partial charge in [0.15, 0.2) is 0 Å². The zero-order valence-corrected chi connectivity index (χ0v) is 12.8. The SMILES string of the molecule is Cc1cccc(C(=O)NCc2ccc(Cl)cc2)c1Br. The van der Waals surface area contributed by atoms with Crippen molar-refractivity contribution in [3.05, 3.63) is 68.7 Å². The molecule has 4 heteroatoms. The summed E-state index contributed by atoms with van der Waals surface area (Å²) < 4.78 is 0.837. The lowest BCUT2D eigenvalue weighted by molar-refractivity contribution is 0.0950. The number of rotatable bonds is 3. The van der Waals surface area contributed by atoms with Crippen LogP contribution >= 0.6 is 27.5 Å². The van der Waals surface area contributed by atoms with Crippen molar-refractivity contribution in [1.82, 2.24) is 5.32 Å². The third kappa shape index (κ3) is 3.58. The van der Waals surface area contributed by atoms with Gasteiger partial charge in [0.05, 0.1) is 5.56 Å². The summed E-state index contributed by atoms with van der Waals surface area (Å²) in [5.41, 5.74) is 2.70. The predicted octanol–water partition coefficient (Wildman–Crippen LogP) is 4.34. The molecule has 0 unspecified atom stereocenters. The van der Waals surface area contributed by atoms with E-state index in [1.807, 2.05) is 43.3 Å². The Bertz CT molecular complexity index is 596. The Hall–Kier alpha value is -1.32. The van der Waals surface area contributed by atoms with E-state index in [1.165, 1.54) is 0 Å². The molecular formula is C15H13BrClNO. The molecule has 0 aliphatic heterocycles. The minimum Gasteiger partial charge on any atom is -0.348 e. The topological polar surface area (TPSA) is 29.1 Å². The Morgan fingerprint density at radius 1 is 1.21 bits per heavy atom. The molecule has 0 saturated carbocycles. The van der Waals surface area contributed by atoms with Gasteiger partial charge in [0.2, 0.25) is 0 Å².